The third-order valence-electron chi connectivity index (χ3n) is 5.92. The Labute approximate surface area is 202 Å². The standard InChI is InChI=1S/C29H28OP2S/c1-24(2)29(32(33,27-19-11-5-12-20-27)28-21-13-6-14-22-28)23-31(30,25-15-7-3-8-16-25)26-17-9-4-10-18-26/h3-22H,23H2,1-2H3. The van der Waals surface area contributed by atoms with Crippen molar-refractivity contribution in [2.45, 2.75) is 13.8 Å². The van der Waals surface area contributed by atoms with Crippen LogP contribution in [0.3, 0.4) is 0 Å². The van der Waals surface area contributed by atoms with E-state index in [4.69, 9.17) is 11.8 Å². The highest BCUT2D eigenvalue weighted by Gasteiger charge is 2.35. The van der Waals surface area contributed by atoms with Gasteiger partial charge in [-0.1, -0.05) is 139 Å². The molecule has 0 fully saturated rings. The summed E-state index contributed by atoms with van der Waals surface area (Å²) in [5.41, 5.74) is 1.15. The van der Waals surface area contributed by atoms with E-state index in [1.54, 1.807) is 0 Å². The summed E-state index contributed by atoms with van der Waals surface area (Å²) in [4.78, 5) is 0. The molecular weight excluding hydrogens is 458 g/mol. The van der Waals surface area contributed by atoms with Crippen molar-refractivity contribution in [3.05, 3.63) is 132 Å². The van der Waals surface area contributed by atoms with Crippen LogP contribution < -0.4 is 21.2 Å². The van der Waals surface area contributed by atoms with E-state index in [1.807, 2.05) is 72.8 Å². The molecule has 4 aromatic rings. The van der Waals surface area contributed by atoms with Gasteiger partial charge in [-0.25, -0.2) is 0 Å². The molecule has 1 nitrogen and oxygen atoms in total. The molecule has 33 heavy (non-hydrogen) atoms. The van der Waals surface area contributed by atoms with Gasteiger partial charge in [0.15, 0.2) is 0 Å². The Hall–Kier alpha value is -2.50. The predicted octanol–water partition coefficient (Wildman–Crippen LogP) is 6.42. The molecule has 0 amide bonds. The molecule has 0 aromatic heterocycles. The molecule has 4 aromatic carbocycles. The van der Waals surface area contributed by atoms with Gasteiger partial charge in [-0.3, -0.25) is 0 Å². The van der Waals surface area contributed by atoms with Crippen LogP contribution in [-0.2, 0) is 16.4 Å². The Morgan fingerprint density at radius 1 is 0.576 bits per heavy atom. The second kappa shape index (κ2) is 10.2. The van der Waals surface area contributed by atoms with Crippen molar-refractivity contribution in [1.82, 2.24) is 0 Å². The smallest absolute Gasteiger partial charge is 0.147 e. The molecule has 0 saturated heterocycles. The largest absolute Gasteiger partial charge is 0.313 e. The topological polar surface area (TPSA) is 17.1 Å². The van der Waals surface area contributed by atoms with Gasteiger partial charge in [-0.2, -0.15) is 0 Å². The minimum atomic E-state index is -2.97. The van der Waals surface area contributed by atoms with Crippen LogP contribution in [0.4, 0.5) is 0 Å². The first-order valence-corrected chi connectivity index (χ1v) is 15.7. The van der Waals surface area contributed by atoms with Crippen molar-refractivity contribution in [3.8, 4) is 0 Å². The zero-order chi connectivity index (χ0) is 23.3. The second-order valence-corrected chi connectivity index (χ2v) is 15.6. The Morgan fingerprint density at radius 2 is 0.879 bits per heavy atom. The molecule has 0 aliphatic carbocycles. The normalized spacial score (nSPS) is 11.7. The van der Waals surface area contributed by atoms with Gasteiger partial charge in [-0.15, -0.1) is 0 Å². The van der Waals surface area contributed by atoms with Crippen LogP contribution in [0.2, 0.25) is 0 Å². The summed E-state index contributed by atoms with van der Waals surface area (Å²) < 4.78 is 15.0. The van der Waals surface area contributed by atoms with Crippen molar-refractivity contribution in [1.29, 1.82) is 0 Å². The molecule has 0 aliphatic heterocycles. The number of rotatable bonds is 7. The maximum absolute atomic E-state index is 15.0. The molecule has 0 atom stereocenters. The first kappa shape index (κ1) is 23.7. The van der Waals surface area contributed by atoms with Gasteiger partial charge < -0.3 is 4.57 Å². The minimum Gasteiger partial charge on any atom is -0.313 e. The maximum atomic E-state index is 15.0. The molecule has 0 spiro atoms. The third-order valence-corrected chi connectivity index (χ3v) is 14.5. The third kappa shape index (κ3) is 4.75. The highest BCUT2D eigenvalue weighted by atomic mass is 32.4. The van der Waals surface area contributed by atoms with Crippen molar-refractivity contribution < 1.29 is 4.57 Å². The van der Waals surface area contributed by atoms with Crippen molar-refractivity contribution in [2.75, 3.05) is 6.16 Å². The van der Waals surface area contributed by atoms with Crippen LogP contribution in [0.15, 0.2) is 132 Å². The maximum Gasteiger partial charge on any atom is 0.147 e. The number of hydrogen-bond acceptors (Lipinski definition) is 2. The Bertz CT molecular complexity index is 1240. The zero-order valence-electron chi connectivity index (χ0n) is 19.0. The van der Waals surface area contributed by atoms with Gasteiger partial charge in [-0.05, 0) is 29.8 Å². The lowest BCUT2D eigenvalue weighted by atomic mass is 10.3. The fraction of sp³-hybridized carbons (Fsp3) is 0.103. The summed E-state index contributed by atoms with van der Waals surface area (Å²) in [5.74, 6) is 0. The highest BCUT2D eigenvalue weighted by molar-refractivity contribution is 8.24. The molecule has 166 valence electrons. The summed E-state index contributed by atoms with van der Waals surface area (Å²) in [6.07, 6.45) is 0.435. The van der Waals surface area contributed by atoms with Gasteiger partial charge in [0.05, 0.1) is 0 Å². The molecule has 0 bridgehead atoms. The molecule has 4 rings (SSSR count). The Balaban J connectivity index is 1.96. The van der Waals surface area contributed by atoms with E-state index in [1.165, 1.54) is 0 Å². The van der Waals surface area contributed by atoms with Crippen LogP contribution in [0, 0.1) is 0 Å². The van der Waals surface area contributed by atoms with Crippen LogP contribution in [-0.4, -0.2) is 6.16 Å². The Morgan fingerprint density at radius 3 is 1.18 bits per heavy atom. The SMILES string of the molecule is CC(C)=C(CP(=O)(c1ccccc1)c1ccccc1)P(=S)(c1ccccc1)c1ccccc1. The van der Waals surface area contributed by atoms with Gasteiger partial charge in [0.25, 0.3) is 0 Å². The number of benzene rings is 4. The van der Waals surface area contributed by atoms with Crippen LogP contribution in [0.1, 0.15) is 13.8 Å². The van der Waals surface area contributed by atoms with Crippen LogP contribution in [0.25, 0.3) is 0 Å². The molecular formula is C29H28OP2S. The fourth-order valence-corrected chi connectivity index (χ4v) is 12.8. The minimum absolute atomic E-state index is 0.435. The molecule has 4 heteroatoms. The van der Waals surface area contributed by atoms with Gasteiger partial charge in [0.1, 0.15) is 7.14 Å². The van der Waals surface area contributed by atoms with E-state index >= 15 is 0 Å². The summed E-state index contributed by atoms with van der Waals surface area (Å²) in [5, 5.41) is 5.14. The Kier molecular flexibility index (Phi) is 7.30. The molecule has 0 heterocycles. The molecule has 0 N–H and O–H groups in total. The van der Waals surface area contributed by atoms with Crippen molar-refractivity contribution in [2.24, 2.45) is 0 Å². The lowest BCUT2D eigenvalue weighted by Gasteiger charge is -2.31. The van der Waals surface area contributed by atoms with Crippen LogP contribution >= 0.6 is 13.2 Å². The lowest BCUT2D eigenvalue weighted by Crippen LogP contribution is -2.24. The molecule has 0 unspecified atom stereocenters. The van der Waals surface area contributed by atoms with Crippen molar-refractivity contribution >= 4 is 46.2 Å². The summed E-state index contributed by atoms with van der Waals surface area (Å²) in [7, 11) is -2.97. The average Bonchev–Trinajstić information content (AvgIpc) is 2.88. The first-order chi connectivity index (χ1) is 16.0. The summed E-state index contributed by atoms with van der Waals surface area (Å²) >= 11 is 6.63. The highest BCUT2D eigenvalue weighted by Crippen LogP contribution is 2.59. The predicted molar refractivity (Wildman–Crippen MR) is 149 cm³/mol. The fourth-order valence-electron chi connectivity index (χ4n) is 4.19. The average molecular weight is 487 g/mol. The molecule has 0 saturated carbocycles. The van der Waals surface area contributed by atoms with E-state index in [-0.39, 0.29) is 0 Å². The first-order valence-electron chi connectivity index (χ1n) is 11.0. The lowest BCUT2D eigenvalue weighted by molar-refractivity contribution is 0.588. The molecule has 0 radical (unpaired) electrons. The van der Waals surface area contributed by atoms with E-state index in [9.17, 15) is 4.57 Å². The molecule has 0 aliphatic rings. The van der Waals surface area contributed by atoms with E-state index in [2.05, 4.69) is 62.4 Å². The number of allylic oxidation sites excluding steroid dienone is 2. The van der Waals surface area contributed by atoms with Crippen molar-refractivity contribution in [3.63, 3.8) is 0 Å². The summed E-state index contributed by atoms with van der Waals surface area (Å²) in [6.45, 7) is 4.23. The quantitative estimate of drug-likeness (QED) is 0.280. The second-order valence-electron chi connectivity index (χ2n) is 8.30. The van der Waals surface area contributed by atoms with Crippen LogP contribution in [0.5, 0.6) is 0 Å². The number of hydrogen-bond donors (Lipinski definition) is 0. The monoisotopic (exact) mass is 486 g/mol. The van der Waals surface area contributed by atoms with Gasteiger partial charge in [0, 0.05) is 22.8 Å². The zero-order valence-corrected chi connectivity index (χ0v) is 21.6. The van der Waals surface area contributed by atoms with E-state index < -0.39 is 13.2 Å². The summed E-state index contributed by atoms with van der Waals surface area (Å²) in [6, 6.07) is 38.2. The van der Waals surface area contributed by atoms with E-state index in [0.717, 1.165) is 32.1 Å². The van der Waals surface area contributed by atoms with E-state index in [0.29, 0.717) is 6.16 Å². The van der Waals surface area contributed by atoms with Gasteiger partial charge >= 0.3 is 0 Å². The van der Waals surface area contributed by atoms with Gasteiger partial charge in [0.2, 0.25) is 0 Å².